The third-order valence-corrected chi connectivity index (χ3v) is 2.89. The van der Waals surface area contributed by atoms with Crippen LogP contribution < -0.4 is 11.1 Å². The molecule has 3 nitrogen and oxygen atoms in total. The molecule has 0 aromatic carbocycles. The van der Waals surface area contributed by atoms with E-state index in [1.807, 2.05) is 0 Å². The van der Waals surface area contributed by atoms with Crippen molar-refractivity contribution in [3.63, 3.8) is 0 Å². The molecule has 0 unspecified atom stereocenters. The third-order valence-electron chi connectivity index (χ3n) is 2.89. The number of amides is 1. The molecule has 1 amide bonds. The molecule has 0 aromatic rings. The highest BCUT2D eigenvalue weighted by atomic mass is 16.1. The summed E-state index contributed by atoms with van der Waals surface area (Å²) in [5, 5.41) is 2.85. The smallest absolute Gasteiger partial charge is 0.216 e. The molecule has 0 spiro atoms. The Hall–Kier alpha value is -0.570. The average Bonchev–Trinajstić information content (AvgIpc) is 1.75. The fourth-order valence-electron chi connectivity index (χ4n) is 2.58. The highest BCUT2D eigenvalue weighted by Crippen LogP contribution is 2.65. The summed E-state index contributed by atoms with van der Waals surface area (Å²) in [6, 6.07) is 0. The van der Waals surface area contributed by atoms with Crippen LogP contribution in [0.3, 0.4) is 0 Å². The highest BCUT2D eigenvalue weighted by molar-refractivity contribution is 5.72. The number of carbonyl (C=O) groups excluding carboxylic acids is 1. The van der Waals surface area contributed by atoms with Gasteiger partial charge in [0.2, 0.25) is 5.91 Å². The predicted molar refractivity (Wildman–Crippen MR) is 41.9 cm³/mol. The van der Waals surface area contributed by atoms with Gasteiger partial charge in [0.1, 0.15) is 0 Å². The summed E-state index contributed by atoms with van der Waals surface area (Å²) in [6.45, 7) is 2.39. The Labute approximate surface area is 66.3 Å². The van der Waals surface area contributed by atoms with Crippen LogP contribution in [-0.2, 0) is 4.79 Å². The van der Waals surface area contributed by atoms with Gasteiger partial charge in [0.05, 0.1) is 0 Å². The normalized spacial score (nSPS) is 45.6. The molecule has 3 rings (SSSR count). The Balaban J connectivity index is 1.78. The lowest BCUT2D eigenvalue weighted by molar-refractivity contribution is -0.137. The Bertz CT molecular complexity index is 192. The van der Waals surface area contributed by atoms with Gasteiger partial charge in [-0.2, -0.15) is 0 Å². The van der Waals surface area contributed by atoms with Crippen molar-refractivity contribution in [3.05, 3.63) is 0 Å². The first-order chi connectivity index (χ1) is 5.04. The zero-order chi connectivity index (χ0) is 8.11. The molecule has 3 fully saturated rings. The summed E-state index contributed by atoms with van der Waals surface area (Å²) >= 11 is 0. The molecule has 0 radical (unpaired) electrons. The van der Waals surface area contributed by atoms with Crippen LogP contribution in [0.5, 0.6) is 0 Å². The molecule has 0 heterocycles. The fourth-order valence-corrected chi connectivity index (χ4v) is 2.58. The van der Waals surface area contributed by atoms with Gasteiger partial charge in [0, 0.05) is 19.0 Å². The van der Waals surface area contributed by atoms with E-state index in [0.29, 0.717) is 5.41 Å². The van der Waals surface area contributed by atoms with Crippen LogP contribution in [0.15, 0.2) is 0 Å². The number of nitrogens with one attached hydrogen (secondary N) is 1. The monoisotopic (exact) mass is 154 g/mol. The molecule has 62 valence electrons. The Morgan fingerprint density at radius 2 is 2.09 bits per heavy atom. The lowest BCUT2D eigenvalue weighted by Gasteiger charge is -2.69. The summed E-state index contributed by atoms with van der Waals surface area (Å²) in [7, 11) is 0. The highest BCUT2D eigenvalue weighted by Gasteiger charge is 2.65. The largest absolute Gasteiger partial charge is 0.356 e. The van der Waals surface area contributed by atoms with Crippen molar-refractivity contribution in [1.29, 1.82) is 0 Å². The van der Waals surface area contributed by atoms with Crippen LogP contribution >= 0.6 is 0 Å². The van der Waals surface area contributed by atoms with Gasteiger partial charge in [-0.1, -0.05) is 0 Å². The van der Waals surface area contributed by atoms with E-state index < -0.39 is 0 Å². The van der Waals surface area contributed by atoms with Crippen molar-refractivity contribution in [2.24, 2.45) is 11.1 Å². The summed E-state index contributed by atoms with van der Waals surface area (Å²) in [4.78, 5) is 10.6. The van der Waals surface area contributed by atoms with Gasteiger partial charge in [-0.3, -0.25) is 4.79 Å². The molecule has 3 aliphatic carbocycles. The second-order valence-electron chi connectivity index (χ2n) is 4.30. The summed E-state index contributed by atoms with van der Waals surface area (Å²) in [5.74, 6) is 0.0702. The lowest BCUT2D eigenvalue weighted by atomic mass is 9.40. The predicted octanol–water partition coefficient (Wildman–Crippen LogP) is 0.00390. The molecule has 0 saturated heterocycles. The average molecular weight is 154 g/mol. The maximum absolute atomic E-state index is 10.6. The summed E-state index contributed by atoms with van der Waals surface area (Å²) in [5.41, 5.74) is 6.43. The topological polar surface area (TPSA) is 55.1 Å². The molecular formula is C8H14N2O. The van der Waals surface area contributed by atoms with E-state index in [2.05, 4.69) is 5.32 Å². The van der Waals surface area contributed by atoms with Crippen molar-refractivity contribution < 1.29 is 4.79 Å². The molecule has 0 aliphatic heterocycles. The van der Waals surface area contributed by atoms with Crippen molar-refractivity contribution in [2.75, 3.05) is 6.54 Å². The SMILES string of the molecule is CC(=O)NCC12CC(N)(C1)C2. The minimum absolute atomic E-state index is 0.0702. The van der Waals surface area contributed by atoms with E-state index in [-0.39, 0.29) is 11.4 Å². The second-order valence-corrected chi connectivity index (χ2v) is 4.30. The third kappa shape index (κ3) is 0.948. The summed E-state index contributed by atoms with van der Waals surface area (Å²) < 4.78 is 0. The molecule has 0 aromatic heterocycles. The number of hydrogen-bond acceptors (Lipinski definition) is 2. The first-order valence-corrected chi connectivity index (χ1v) is 4.07. The van der Waals surface area contributed by atoms with Crippen molar-refractivity contribution in [2.45, 2.75) is 31.7 Å². The number of carbonyl (C=O) groups is 1. The van der Waals surface area contributed by atoms with Gasteiger partial charge < -0.3 is 11.1 Å². The van der Waals surface area contributed by atoms with E-state index in [0.717, 1.165) is 25.8 Å². The van der Waals surface area contributed by atoms with E-state index in [4.69, 9.17) is 5.73 Å². The standard InChI is InChI=1S/C8H14N2O/c1-6(11)10-5-7-2-8(9,3-7)4-7/h2-5,9H2,1H3,(H,10,11). The Morgan fingerprint density at radius 1 is 1.55 bits per heavy atom. The Kier molecular flexibility index (Phi) is 1.15. The maximum Gasteiger partial charge on any atom is 0.216 e. The van der Waals surface area contributed by atoms with Crippen LogP contribution in [0.1, 0.15) is 26.2 Å². The molecule has 3 N–H and O–H groups in total. The lowest BCUT2D eigenvalue weighted by Crippen LogP contribution is -2.74. The molecule has 3 saturated carbocycles. The summed E-state index contributed by atoms with van der Waals surface area (Å²) in [6.07, 6.45) is 3.33. The zero-order valence-electron chi connectivity index (χ0n) is 6.81. The fraction of sp³-hybridized carbons (Fsp3) is 0.875. The molecular weight excluding hydrogens is 140 g/mol. The van der Waals surface area contributed by atoms with Crippen LogP contribution in [0.4, 0.5) is 0 Å². The molecule has 2 bridgehead atoms. The number of hydrogen-bond donors (Lipinski definition) is 2. The molecule has 3 heteroatoms. The number of nitrogens with two attached hydrogens (primary N) is 1. The maximum atomic E-state index is 10.6. The number of rotatable bonds is 2. The van der Waals surface area contributed by atoms with E-state index in [9.17, 15) is 4.79 Å². The first-order valence-electron chi connectivity index (χ1n) is 4.07. The van der Waals surface area contributed by atoms with Crippen molar-refractivity contribution in [1.82, 2.24) is 5.32 Å². The van der Waals surface area contributed by atoms with Crippen LogP contribution in [-0.4, -0.2) is 18.0 Å². The molecule has 11 heavy (non-hydrogen) atoms. The van der Waals surface area contributed by atoms with Gasteiger partial charge in [-0.15, -0.1) is 0 Å². The van der Waals surface area contributed by atoms with Crippen LogP contribution in [0.2, 0.25) is 0 Å². The quantitative estimate of drug-likeness (QED) is 0.588. The van der Waals surface area contributed by atoms with Crippen LogP contribution in [0.25, 0.3) is 0 Å². The van der Waals surface area contributed by atoms with Crippen LogP contribution in [0, 0.1) is 5.41 Å². The van der Waals surface area contributed by atoms with Crippen molar-refractivity contribution in [3.8, 4) is 0 Å². The van der Waals surface area contributed by atoms with E-state index in [1.165, 1.54) is 0 Å². The van der Waals surface area contributed by atoms with E-state index in [1.54, 1.807) is 6.92 Å². The van der Waals surface area contributed by atoms with Gasteiger partial charge >= 0.3 is 0 Å². The van der Waals surface area contributed by atoms with E-state index >= 15 is 0 Å². The zero-order valence-corrected chi connectivity index (χ0v) is 6.81. The Morgan fingerprint density at radius 3 is 2.45 bits per heavy atom. The molecule has 3 aliphatic rings. The first kappa shape index (κ1) is 7.10. The van der Waals surface area contributed by atoms with Gasteiger partial charge in [0.25, 0.3) is 0 Å². The van der Waals surface area contributed by atoms with Gasteiger partial charge in [-0.05, 0) is 24.7 Å². The molecule has 0 atom stereocenters. The minimum Gasteiger partial charge on any atom is -0.356 e. The minimum atomic E-state index is 0.0702. The second kappa shape index (κ2) is 1.78. The van der Waals surface area contributed by atoms with Crippen molar-refractivity contribution >= 4 is 5.91 Å². The van der Waals surface area contributed by atoms with Gasteiger partial charge in [-0.25, -0.2) is 0 Å². The van der Waals surface area contributed by atoms with Gasteiger partial charge in [0.15, 0.2) is 0 Å².